The fourth-order valence-corrected chi connectivity index (χ4v) is 2.01. The first-order valence-corrected chi connectivity index (χ1v) is 6.67. The molecule has 106 valence electrons. The lowest BCUT2D eigenvalue weighted by Gasteiger charge is -2.15. The molecule has 0 radical (unpaired) electrons. The summed E-state index contributed by atoms with van der Waals surface area (Å²) in [4.78, 5) is 23.5. The Hall–Kier alpha value is -2.08. The van der Waals surface area contributed by atoms with Crippen LogP contribution < -0.4 is 10.6 Å². The van der Waals surface area contributed by atoms with Crippen molar-refractivity contribution in [3.05, 3.63) is 41.1 Å². The predicted molar refractivity (Wildman–Crippen MR) is 77.9 cm³/mol. The zero-order valence-corrected chi connectivity index (χ0v) is 12.0. The minimum absolute atomic E-state index is 0.181. The number of H-pyrrole nitrogens is 1. The number of aromatic amines is 1. The highest BCUT2D eigenvalue weighted by molar-refractivity contribution is 6.33. The number of imidazole rings is 1. The summed E-state index contributed by atoms with van der Waals surface area (Å²) in [7, 11) is 1.73. The van der Waals surface area contributed by atoms with Gasteiger partial charge in [0.2, 0.25) is 0 Å². The topological polar surface area (TPSA) is 82.7 Å². The molecule has 3 N–H and O–H groups in total. The number of hydrogen-bond donors (Lipinski definition) is 3. The third kappa shape index (κ3) is 3.08. The molecule has 2 aromatic heterocycles. The Balaban J connectivity index is 2.19. The zero-order chi connectivity index (χ0) is 14.5. The van der Waals surface area contributed by atoms with Gasteiger partial charge in [-0.15, -0.1) is 0 Å². The van der Waals surface area contributed by atoms with Crippen LogP contribution >= 0.6 is 11.6 Å². The molecule has 0 aromatic carbocycles. The number of hydrogen-bond acceptors (Lipinski definition) is 4. The highest BCUT2D eigenvalue weighted by Gasteiger charge is 2.18. The Bertz CT molecular complexity index is 584. The summed E-state index contributed by atoms with van der Waals surface area (Å²) >= 11 is 6.03. The molecule has 1 atom stereocenters. The smallest absolute Gasteiger partial charge is 0.253 e. The van der Waals surface area contributed by atoms with Crippen LogP contribution in [0, 0.1) is 0 Å². The molecule has 0 saturated heterocycles. The number of amides is 1. The van der Waals surface area contributed by atoms with E-state index in [1.54, 1.807) is 25.5 Å². The molecule has 0 spiro atoms. The maximum Gasteiger partial charge on any atom is 0.253 e. The summed E-state index contributed by atoms with van der Waals surface area (Å²) < 4.78 is 0. The van der Waals surface area contributed by atoms with Crippen LogP contribution in [0.2, 0.25) is 5.02 Å². The monoisotopic (exact) mass is 293 g/mol. The molecule has 7 heteroatoms. The Morgan fingerprint density at radius 1 is 1.50 bits per heavy atom. The van der Waals surface area contributed by atoms with Crippen molar-refractivity contribution in [2.24, 2.45) is 0 Å². The van der Waals surface area contributed by atoms with Crippen molar-refractivity contribution in [3.8, 4) is 0 Å². The average molecular weight is 294 g/mol. The Labute approximate surface area is 122 Å². The molecule has 0 fully saturated rings. The van der Waals surface area contributed by atoms with Crippen LogP contribution in [0.5, 0.6) is 0 Å². The van der Waals surface area contributed by atoms with Crippen molar-refractivity contribution in [2.75, 3.05) is 12.4 Å². The predicted octanol–water partition coefficient (Wildman–Crippen LogP) is 2.38. The Morgan fingerprint density at radius 3 is 2.90 bits per heavy atom. The van der Waals surface area contributed by atoms with Crippen LogP contribution in [0.1, 0.15) is 35.6 Å². The Kier molecular flexibility index (Phi) is 4.57. The van der Waals surface area contributed by atoms with E-state index >= 15 is 0 Å². The highest BCUT2D eigenvalue weighted by Crippen LogP contribution is 2.19. The standard InChI is InChI=1S/C13H16ClN5O/c1-3-10(12-16-4-5-17-12)19-13(20)8-6-11(15-2)18-7-9(8)14/h4-7,10H,3H2,1-2H3,(H,15,18)(H,16,17)(H,19,20). The summed E-state index contributed by atoms with van der Waals surface area (Å²) in [5, 5.41) is 6.10. The minimum atomic E-state index is -0.253. The van der Waals surface area contributed by atoms with Gasteiger partial charge in [0.1, 0.15) is 11.6 Å². The molecule has 6 nitrogen and oxygen atoms in total. The molecule has 0 aliphatic rings. The molecule has 0 aliphatic carbocycles. The molecule has 0 aliphatic heterocycles. The number of anilines is 1. The van der Waals surface area contributed by atoms with Crippen molar-refractivity contribution in [2.45, 2.75) is 19.4 Å². The summed E-state index contributed by atoms with van der Waals surface area (Å²) in [6.07, 6.45) is 5.56. The average Bonchev–Trinajstić information content (AvgIpc) is 2.99. The van der Waals surface area contributed by atoms with Gasteiger partial charge in [-0.1, -0.05) is 18.5 Å². The summed E-state index contributed by atoms with van der Waals surface area (Å²) in [6, 6.07) is 1.44. The van der Waals surface area contributed by atoms with Crippen LogP contribution in [0.3, 0.4) is 0 Å². The summed E-state index contributed by atoms with van der Waals surface area (Å²) in [5.74, 6) is 1.06. The number of nitrogens with one attached hydrogen (secondary N) is 3. The number of carbonyl (C=O) groups is 1. The number of carbonyl (C=O) groups excluding carboxylic acids is 1. The first kappa shape index (κ1) is 14.3. The fourth-order valence-electron chi connectivity index (χ4n) is 1.82. The highest BCUT2D eigenvalue weighted by atomic mass is 35.5. The lowest BCUT2D eigenvalue weighted by Crippen LogP contribution is -2.29. The van der Waals surface area contributed by atoms with Gasteiger partial charge in [0.15, 0.2) is 0 Å². The van der Waals surface area contributed by atoms with E-state index in [1.807, 2.05) is 6.92 Å². The third-order valence-electron chi connectivity index (χ3n) is 2.92. The molecule has 0 bridgehead atoms. The number of nitrogens with zero attached hydrogens (tertiary/aromatic N) is 2. The molecule has 0 saturated carbocycles. The second kappa shape index (κ2) is 6.38. The molecule has 20 heavy (non-hydrogen) atoms. The Morgan fingerprint density at radius 2 is 2.30 bits per heavy atom. The van der Waals surface area contributed by atoms with Crippen LogP contribution in [0.25, 0.3) is 0 Å². The molecule has 2 aromatic rings. The first-order chi connectivity index (χ1) is 9.65. The molecule has 1 amide bonds. The van der Waals surface area contributed by atoms with Gasteiger partial charge in [-0.05, 0) is 12.5 Å². The number of pyridine rings is 1. The number of rotatable bonds is 5. The van der Waals surface area contributed by atoms with Crippen LogP contribution in [-0.2, 0) is 0 Å². The fraction of sp³-hybridized carbons (Fsp3) is 0.308. The van der Waals surface area contributed by atoms with E-state index in [-0.39, 0.29) is 11.9 Å². The maximum absolute atomic E-state index is 12.3. The van der Waals surface area contributed by atoms with E-state index in [4.69, 9.17) is 11.6 Å². The lowest BCUT2D eigenvalue weighted by atomic mass is 10.1. The van der Waals surface area contributed by atoms with Crippen molar-refractivity contribution in [1.29, 1.82) is 0 Å². The molecular formula is C13H16ClN5O. The SMILES string of the molecule is CCC(NC(=O)c1cc(NC)ncc1Cl)c1ncc[nH]1. The summed E-state index contributed by atoms with van der Waals surface area (Å²) in [5.41, 5.74) is 0.385. The van der Waals surface area contributed by atoms with E-state index in [9.17, 15) is 4.79 Å². The third-order valence-corrected chi connectivity index (χ3v) is 3.22. The van der Waals surface area contributed by atoms with E-state index in [2.05, 4.69) is 25.6 Å². The van der Waals surface area contributed by atoms with Gasteiger partial charge in [0.25, 0.3) is 5.91 Å². The second-order valence-electron chi connectivity index (χ2n) is 4.21. The molecule has 2 rings (SSSR count). The van der Waals surface area contributed by atoms with Crippen molar-refractivity contribution in [1.82, 2.24) is 20.3 Å². The van der Waals surface area contributed by atoms with E-state index in [0.717, 1.165) is 12.2 Å². The van der Waals surface area contributed by atoms with E-state index in [1.165, 1.54) is 6.20 Å². The van der Waals surface area contributed by atoms with Gasteiger partial charge < -0.3 is 15.6 Å². The van der Waals surface area contributed by atoms with Gasteiger partial charge >= 0.3 is 0 Å². The number of aromatic nitrogens is 3. The van der Waals surface area contributed by atoms with Gasteiger partial charge in [0, 0.05) is 25.6 Å². The van der Waals surface area contributed by atoms with Crippen LogP contribution in [0.15, 0.2) is 24.7 Å². The molecule has 2 heterocycles. The maximum atomic E-state index is 12.3. The van der Waals surface area contributed by atoms with Gasteiger partial charge in [0.05, 0.1) is 16.6 Å². The molecule has 1 unspecified atom stereocenters. The number of halogens is 1. The quantitative estimate of drug-likeness (QED) is 0.790. The minimum Gasteiger partial charge on any atom is -0.373 e. The lowest BCUT2D eigenvalue weighted by molar-refractivity contribution is 0.0934. The van der Waals surface area contributed by atoms with Crippen molar-refractivity contribution in [3.63, 3.8) is 0 Å². The molecular weight excluding hydrogens is 278 g/mol. The van der Waals surface area contributed by atoms with Crippen molar-refractivity contribution < 1.29 is 4.79 Å². The van der Waals surface area contributed by atoms with Gasteiger partial charge in [-0.3, -0.25) is 4.79 Å². The van der Waals surface area contributed by atoms with Crippen LogP contribution in [-0.4, -0.2) is 27.9 Å². The van der Waals surface area contributed by atoms with Crippen molar-refractivity contribution >= 4 is 23.3 Å². The summed E-state index contributed by atoms with van der Waals surface area (Å²) in [6.45, 7) is 1.97. The largest absolute Gasteiger partial charge is 0.373 e. The first-order valence-electron chi connectivity index (χ1n) is 6.29. The van der Waals surface area contributed by atoms with E-state index in [0.29, 0.717) is 16.4 Å². The normalized spacial score (nSPS) is 11.9. The van der Waals surface area contributed by atoms with Gasteiger partial charge in [-0.25, -0.2) is 9.97 Å². The second-order valence-corrected chi connectivity index (χ2v) is 4.62. The van der Waals surface area contributed by atoms with E-state index < -0.39 is 0 Å². The zero-order valence-electron chi connectivity index (χ0n) is 11.3. The van der Waals surface area contributed by atoms with Crippen LogP contribution in [0.4, 0.5) is 5.82 Å². The van der Waals surface area contributed by atoms with Gasteiger partial charge in [-0.2, -0.15) is 0 Å².